The second-order valence-electron chi connectivity index (χ2n) is 15.9. The lowest BCUT2D eigenvalue weighted by atomic mass is 9.75. The zero-order chi connectivity index (χ0) is 29.6. The summed E-state index contributed by atoms with van der Waals surface area (Å²) in [6, 6.07) is 12.0. The van der Waals surface area contributed by atoms with Gasteiger partial charge in [-0.15, -0.1) is 0 Å². The van der Waals surface area contributed by atoms with Gasteiger partial charge in [-0.25, -0.2) is 0 Å². The molecule has 1 aliphatic heterocycles. The number of hydrogen-bond acceptors (Lipinski definition) is 4. The third kappa shape index (κ3) is 7.51. The average Bonchev–Trinajstić information content (AvgIpc) is 2.77. The van der Waals surface area contributed by atoms with Crippen molar-refractivity contribution in [3.05, 3.63) is 68.8 Å². The SMILES string of the molecule is Cc1c(C(C)(C)C)cc(CN2CNCN(Cc3cc(C(C)(C)C)c(C#N)c(C(C)(C)C)c3)C2)cc1C(C)(C)C. The molecule has 2 aromatic carbocycles. The zero-order valence-corrected chi connectivity index (χ0v) is 27.2. The lowest BCUT2D eigenvalue weighted by Crippen LogP contribution is -2.52. The van der Waals surface area contributed by atoms with Crippen molar-refractivity contribution >= 4 is 0 Å². The largest absolute Gasteiger partial charge is 0.291 e. The van der Waals surface area contributed by atoms with E-state index in [0.717, 1.165) is 49.8 Å². The van der Waals surface area contributed by atoms with Crippen molar-refractivity contribution < 1.29 is 0 Å². The highest BCUT2D eigenvalue weighted by atomic mass is 15.4. The molecule has 0 spiro atoms. The summed E-state index contributed by atoms with van der Waals surface area (Å²) >= 11 is 0. The molecule has 0 saturated carbocycles. The van der Waals surface area contributed by atoms with E-state index in [0.29, 0.717) is 0 Å². The maximum absolute atomic E-state index is 10.1. The molecule has 1 fully saturated rings. The molecule has 1 aliphatic rings. The second-order valence-corrected chi connectivity index (χ2v) is 15.9. The molecule has 0 unspecified atom stereocenters. The fourth-order valence-corrected chi connectivity index (χ4v) is 6.00. The van der Waals surface area contributed by atoms with Crippen molar-refractivity contribution in [1.29, 1.82) is 5.26 Å². The highest BCUT2D eigenvalue weighted by Crippen LogP contribution is 2.36. The molecule has 0 bridgehead atoms. The molecule has 0 aliphatic carbocycles. The highest BCUT2D eigenvalue weighted by molar-refractivity contribution is 5.52. The number of hydrogen-bond donors (Lipinski definition) is 1. The maximum atomic E-state index is 10.1. The third-order valence-corrected chi connectivity index (χ3v) is 7.89. The predicted octanol–water partition coefficient (Wildman–Crippen LogP) is 7.84. The first-order valence-corrected chi connectivity index (χ1v) is 14.6. The molecule has 2 aromatic rings. The fourth-order valence-electron chi connectivity index (χ4n) is 6.00. The van der Waals surface area contributed by atoms with E-state index in [4.69, 9.17) is 0 Å². The van der Waals surface area contributed by atoms with Crippen molar-refractivity contribution in [2.24, 2.45) is 0 Å². The molecule has 0 aromatic heterocycles. The van der Waals surface area contributed by atoms with Gasteiger partial charge in [0.2, 0.25) is 0 Å². The van der Waals surface area contributed by atoms with Crippen LogP contribution in [0.1, 0.15) is 128 Å². The number of nitrogens with one attached hydrogen (secondary N) is 1. The summed E-state index contributed by atoms with van der Waals surface area (Å²) in [5, 5.41) is 13.7. The highest BCUT2D eigenvalue weighted by Gasteiger charge is 2.28. The van der Waals surface area contributed by atoms with Gasteiger partial charge in [0, 0.05) is 13.1 Å². The normalized spacial score (nSPS) is 16.4. The summed E-state index contributed by atoms with van der Waals surface area (Å²) in [5.74, 6) is 0. The van der Waals surface area contributed by atoms with E-state index in [1.54, 1.807) is 0 Å². The quantitative estimate of drug-likeness (QED) is 0.437. The fraction of sp³-hybridized carbons (Fsp3) is 0.629. The monoisotopic (exact) mass is 530 g/mol. The smallest absolute Gasteiger partial charge is 0.0997 e. The van der Waals surface area contributed by atoms with Crippen molar-refractivity contribution in [2.75, 3.05) is 20.0 Å². The summed E-state index contributed by atoms with van der Waals surface area (Å²) in [4.78, 5) is 4.99. The number of benzene rings is 2. The zero-order valence-electron chi connectivity index (χ0n) is 27.2. The van der Waals surface area contributed by atoms with Gasteiger partial charge in [-0.05, 0) is 67.5 Å². The van der Waals surface area contributed by atoms with E-state index in [9.17, 15) is 5.26 Å². The van der Waals surface area contributed by atoms with Crippen LogP contribution in [0.3, 0.4) is 0 Å². The Morgan fingerprint density at radius 2 is 0.974 bits per heavy atom. The van der Waals surface area contributed by atoms with Crippen LogP contribution in [-0.4, -0.2) is 29.8 Å². The molecule has 1 heterocycles. The Bertz CT molecular complexity index is 1150. The lowest BCUT2D eigenvalue weighted by molar-refractivity contribution is 0.0544. The molecular weight excluding hydrogens is 476 g/mol. The Balaban J connectivity index is 1.90. The summed E-state index contributed by atoms with van der Waals surface area (Å²) in [7, 11) is 0. The number of nitriles is 1. The summed E-state index contributed by atoms with van der Waals surface area (Å²) in [6.45, 7) is 33.9. The molecule has 214 valence electrons. The van der Waals surface area contributed by atoms with Crippen LogP contribution in [0, 0.1) is 18.3 Å². The van der Waals surface area contributed by atoms with Crippen LogP contribution < -0.4 is 5.32 Å². The van der Waals surface area contributed by atoms with Gasteiger partial charge in [-0.2, -0.15) is 5.26 Å². The average molecular weight is 531 g/mol. The van der Waals surface area contributed by atoms with Crippen LogP contribution in [0.25, 0.3) is 0 Å². The van der Waals surface area contributed by atoms with E-state index < -0.39 is 0 Å². The number of nitrogens with zero attached hydrogens (tertiary/aromatic N) is 3. The van der Waals surface area contributed by atoms with Crippen LogP contribution in [0.2, 0.25) is 0 Å². The van der Waals surface area contributed by atoms with Crippen LogP contribution >= 0.6 is 0 Å². The Labute approximate surface area is 239 Å². The summed E-state index contributed by atoms with van der Waals surface area (Å²) in [6.07, 6.45) is 0. The van der Waals surface area contributed by atoms with Crippen molar-refractivity contribution in [2.45, 2.75) is 125 Å². The van der Waals surface area contributed by atoms with E-state index in [-0.39, 0.29) is 21.7 Å². The molecule has 0 atom stereocenters. The molecule has 0 radical (unpaired) electrons. The van der Waals surface area contributed by atoms with Gasteiger partial charge in [0.25, 0.3) is 0 Å². The summed E-state index contributed by atoms with van der Waals surface area (Å²) < 4.78 is 0. The van der Waals surface area contributed by atoms with Crippen LogP contribution in [0.5, 0.6) is 0 Å². The Hall–Kier alpha value is -2.19. The third-order valence-electron chi connectivity index (χ3n) is 7.89. The van der Waals surface area contributed by atoms with Gasteiger partial charge in [-0.3, -0.25) is 15.1 Å². The molecule has 3 rings (SSSR count). The molecular formula is C35H54N4. The van der Waals surface area contributed by atoms with E-state index in [1.807, 2.05) is 0 Å². The minimum absolute atomic E-state index is 0.0891. The van der Waals surface area contributed by atoms with Gasteiger partial charge in [0.05, 0.1) is 31.6 Å². The first-order valence-electron chi connectivity index (χ1n) is 14.6. The molecule has 1 N–H and O–H groups in total. The molecule has 4 nitrogen and oxygen atoms in total. The van der Waals surface area contributed by atoms with Gasteiger partial charge < -0.3 is 0 Å². The van der Waals surface area contributed by atoms with Crippen molar-refractivity contribution in [1.82, 2.24) is 15.1 Å². The van der Waals surface area contributed by atoms with Gasteiger partial charge in [0.1, 0.15) is 0 Å². The minimum Gasteiger partial charge on any atom is -0.291 e. The topological polar surface area (TPSA) is 42.3 Å². The maximum Gasteiger partial charge on any atom is 0.0997 e. The molecule has 4 heteroatoms. The predicted molar refractivity (Wildman–Crippen MR) is 166 cm³/mol. The minimum atomic E-state index is -0.0891. The first kappa shape index (κ1) is 31.3. The van der Waals surface area contributed by atoms with Crippen molar-refractivity contribution in [3.8, 4) is 6.07 Å². The molecule has 0 amide bonds. The molecule has 1 saturated heterocycles. The molecule has 39 heavy (non-hydrogen) atoms. The Kier molecular flexibility index (Phi) is 8.84. The Morgan fingerprint density at radius 3 is 1.28 bits per heavy atom. The van der Waals surface area contributed by atoms with Gasteiger partial charge >= 0.3 is 0 Å². The standard InChI is InChI=1S/C35H54N4/c1-24-28(32(2,3)4)14-25(15-29(24)33(5,6)7)19-38-21-37-22-39(23-38)20-26-16-30(34(8,9)10)27(18-36)31(17-26)35(11,12)13/h14-17,37H,19-23H2,1-13H3. The first-order chi connectivity index (χ1) is 17.7. The Morgan fingerprint density at radius 1 is 0.641 bits per heavy atom. The van der Waals surface area contributed by atoms with Crippen LogP contribution in [-0.2, 0) is 34.7 Å². The lowest BCUT2D eigenvalue weighted by Gasteiger charge is -2.37. The van der Waals surface area contributed by atoms with Gasteiger partial charge in [-0.1, -0.05) is 107 Å². The summed E-state index contributed by atoms with van der Waals surface area (Å²) in [5.41, 5.74) is 10.2. The van der Waals surface area contributed by atoms with E-state index >= 15 is 0 Å². The van der Waals surface area contributed by atoms with Crippen LogP contribution in [0.15, 0.2) is 24.3 Å². The second kappa shape index (κ2) is 11.0. The van der Waals surface area contributed by atoms with E-state index in [1.165, 1.54) is 27.8 Å². The van der Waals surface area contributed by atoms with Crippen LogP contribution in [0.4, 0.5) is 0 Å². The number of rotatable bonds is 4. The van der Waals surface area contributed by atoms with E-state index in [2.05, 4.69) is 135 Å². The van der Waals surface area contributed by atoms with Crippen molar-refractivity contribution in [3.63, 3.8) is 0 Å². The van der Waals surface area contributed by atoms with Gasteiger partial charge in [0.15, 0.2) is 0 Å².